The predicted molar refractivity (Wildman–Crippen MR) is 73.4 cm³/mol. The van der Waals surface area contributed by atoms with Gasteiger partial charge in [0.1, 0.15) is 23.9 Å². The number of aliphatic hydroxyl groups excluding tert-OH is 1. The first kappa shape index (κ1) is 13.3. The molecule has 0 aliphatic carbocycles. The van der Waals surface area contributed by atoms with Crippen molar-refractivity contribution in [1.29, 1.82) is 0 Å². The molecule has 1 unspecified atom stereocenters. The molecule has 0 spiro atoms. The highest BCUT2D eigenvalue weighted by atomic mass is 19.1. The van der Waals surface area contributed by atoms with Gasteiger partial charge in [0.2, 0.25) is 0 Å². The van der Waals surface area contributed by atoms with Crippen molar-refractivity contribution >= 4 is 0 Å². The van der Waals surface area contributed by atoms with Gasteiger partial charge in [0.05, 0.1) is 6.54 Å². The van der Waals surface area contributed by atoms with Crippen LogP contribution in [-0.4, -0.2) is 16.6 Å². The van der Waals surface area contributed by atoms with Crippen molar-refractivity contribution in [3.05, 3.63) is 59.3 Å². The topological polar surface area (TPSA) is 36.6 Å². The van der Waals surface area contributed by atoms with E-state index in [2.05, 4.69) is 4.90 Å². The van der Waals surface area contributed by atoms with Crippen molar-refractivity contribution in [2.24, 2.45) is 0 Å². The Bertz CT molecular complexity index is 564. The second kappa shape index (κ2) is 5.77. The number of hydrogen-bond acceptors (Lipinski definition) is 3. The van der Waals surface area contributed by atoms with Gasteiger partial charge in [-0.15, -0.1) is 0 Å². The summed E-state index contributed by atoms with van der Waals surface area (Å²) in [4.78, 5) is 2.34. The summed E-state index contributed by atoms with van der Waals surface area (Å²) in [5.74, 6) is 1.26. The maximum atomic E-state index is 13.0. The lowest BCUT2D eigenvalue weighted by atomic mass is 10.0. The lowest BCUT2D eigenvalue weighted by molar-refractivity contribution is 0.210. The normalized spacial score (nSPS) is 19.6. The summed E-state index contributed by atoms with van der Waals surface area (Å²) in [6, 6.07) is 10.8. The van der Waals surface area contributed by atoms with Gasteiger partial charge in [0.25, 0.3) is 0 Å². The molecule has 3 rings (SSSR count). The summed E-state index contributed by atoms with van der Waals surface area (Å²) >= 11 is 0. The molecule has 2 heterocycles. The molecule has 1 aromatic heterocycles. The average Bonchev–Trinajstić information content (AvgIpc) is 3.09. The molecule has 1 fully saturated rings. The van der Waals surface area contributed by atoms with E-state index >= 15 is 0 Å². The van der Waals surface area contributed by atoms with E-state index in [1.165, 1.54) is 12.1 Å². The minimum absolute atomic E-state index is 0.0681. The first-order chi connectivity index (χ1) is 9.76. The predicted octanol–water partition coefficient (Wildman–Crippen LogP) is 3.25. The van der Waals surface area contributed by atoms with Crippen LogP contribution in [0.3, 0.4) is 0 Å². The van der Waals surface area contributed by atoms with E-state index in [-0.39, 0.29) is 12.4 Å². The van der Waals surface area contributed by atoms with Gasteiger partial charge in [-0.2, -0.15) is 0 Å². The standard InChI is InChI=1S/C16H18FNO2/c17-13-5-3-12(4-6-13)16-2-1-9-18(16)10-14-7-8-15(11-19)20-14/h3-8,16,19H,1-2,9-11H2. The summed E-state index contributed by atoms with van der Waals surface area (Å²) in [5.41, 5.74) is 1.15. The highest BCUT2D eigenvalue weighted by Crippen LogP contribution is 2.33. The van der Waals surface area contributed by atoms with E-state index in [9.17, 15) is 4.39 Å². The van der Waals surface area contributed by atoms with Gasteiger partial charge in [-0.1, -0.05) is 12.1 Å². The zero-order valence-electron chi connectivity index (χ0n) is 11.3. The van der Waals surface area contributed by atoms with E-state index in [0.29, 0.717) is 11.8 Å². The summed E-state index contributed by atoms with van der Waals surface area (Å²) in [6.45, 7) is 1.67. The maximum Gasteiger partial charge on any atom is 0.129 e. The number of furan rings is 1. The average molecular weight is 275 g/mol. The van der Waals surface area contributed by atoms with E-state index in [4.69, 9.17) is 9.52 Å². The third kappa shape index (κ3) is 2.76. The lowest BCUT2D eigenvalue weighted by Crippen LogP contribution is -2.22. The van der Waals surface area contributed by atoms with Crippen molar-refractivity contribution in [2.75, 3.05) is 6.54 Å². The number of likely N-dealkylation sites (tertiary alicyclic amines) is 1. The summed E-state index contributed by atoms with van der Waals surface area (Å²) < 4.78 is 18.6. The van der Waals surface area contributed by atoms with E-state index in [0.717, 1.165) is 37.3 Å². The number of aliphatic hydroxyl groups is 1. The molecule has 106 valence electrons. The fourth-order valence-electron chi connectivity index (χ4n) is 2.87. The quantitative estimate of drug-likeness (QED) is 0.930. The Hall–Kier alpha value is -1.65. The molecule has 1 aromatic carbocycles. The van der Waals surface area contributed by atoms with Crippen molar-refractivity contribution < 1.29 is 13.9 Å². The molecule has 4 heteroatoms. The van der Waals surface area contributed by atoms with Crippen molar-refractivity contribution in [2.45, 2.75) is 32.0 Å². The molecule has 0 bridgehead atoms. The number of hydrogen-bond donors (Lipinski definition) is 1. The van der Waals surface area contributed by atoms with Crippen LogP contribution in [0, 0.1) is 5.82 Å². The smallest absolute Gasteiger partial charge is 0.129 e. The molecule has 1 aliphatic rings. The van der Waals surface area contributed by atoms with Gasteiger partial charge in [0.15, 0.2) is 0 Å². The molecule has 1 aliphatic heterocycles. The first-order valence-electron chi connectivity index (χ1n) is 6.94. The van der Waals surface area contributed by atoms with Crippen LogP contribution in [0.4, 0.5) is 4.39 Å². The van der Waals surface area contributed by atoms with Gasteiger partial charge in [-0.25, -0.2) is 4.39 Å². The molecule has 1 saturated heterocycles. The van der Waals surface area contributed by atoms with E-state index in [1.54, 1.807) is 6.07 Å². The molecular formula is C16H18FNO2. The second-order valence-electron chi connectivity index (χ2n) is 5.21. The molecule has 2 aromatic rings. The minimum Gasteiger partial charge on any atom is -0.462 e. The molecule has 1 atom stereocenters. The van der Waals surface area contributed by atoms with Gasteiger partial charge >= 0.3 is 0 Å². The van der Waals surface area contributed by atoms with Crippen molar-refractivity contribution in [3.8, 4) is 0 Å². The molecular weight excluding hydrogens is 257 g/mol. The summed E-state index contributed by atoms with van der Waals surface area (Å²) in [6.07, 6.45) is 2.22. The van der Waals surface area contributed by atoms with Crippen LogP contribution >= 0.6 is 0 Å². The molecule has 0 amide bonds. The number of nitrogens with zero attached hydrogens (tertiary/aromatic N) is 1. The van der Waals surface area contributed by atoms with E-state index in [1.807, 2.05) is 18.2 Å². The zero-order chi connectivity index (χ0) is 13.9. The monoisotopic (exact) mass is 275 g/mol. The van der Waals surface area contributed by atoms with Crippen LogP contribution in [0.2, 0.25) is 0 Å². The van der Waals surface area contributed by atoms with Crippen LogP contribution in [0.15, 0.2) is 40.8 Å². The van der Waals surface area contributed by atoms with Crippen LogP contribution in [0.25, 0.3) is 0 Å². The van der Waals surface area contributed by atoms with Crippen molar-refractivity contribution in [1.82, 2.24) is 4.90 Å². The number of halogens is 1. The molecule has 0 saturated carbocycles. The van der Waals surface area contributed by atoms with Gasteiger partial charge in [-0.05, 0) is 49.2 Å². The second-order valence-corrected chi connectivity index (χ2v) is 5.21. The molecule has 0 radical (unpaired) electrons. The Labute approximate surface area is 117 Å². The molecule has 1 N–H and O–H groups in total. The summed E-state index contributed by atoms with van der Waals surface area (Å²) in [5, 5.41) is 9.02. The fourth-order valence-corrected chi connectivity index (χ4v) is 2.87. The third-order valence-corrected chi connectivity index (χ3v) is 3.85. The van der Waals surface area contributed by atoms with E-state index < -0.39 is 0 Å². The van der Waals surface area contributed by atoms with Gasteiger partial charge in [0, 0.05) is 6.04 Å². The van der Waals surface area contributed by atoms with Gasteiger partial charge in [-0.3, -0.25) is 4.90 Å². The van der Waals surface area contributed by atoms with Crippen LogP contribution < -0.4 is 0 Å². The van der Waals surface area contributed by atoms with Gasteiger partial charge < -0.3 is 9.52 Å². The number of rotatable bonds is 4. The SMILES string of the molecule is OCc1ccc(CN2CCCC2c2ccc(F)cc2)o1. The minimum atomic E-state index is -0.197. The Morgan fingerprint density at radius 2 is 1.90 bits per heavy atom. The Balaban J connectivity index is 1.73. The zero-order valence-corrected chi connectivity index (χ0v) is 11.3. The highest BCUT2D eigenvalue weighted by molar-refractivity contribution is 5.21. The third-order valence-electron chi connectivity index (χ3n) is 3.85. The Morgan fingerprint density at radius 3 is 2.60 bits per heavy atom. The Kier molecular flexibility index (Phi) is 3.85. The Morgan fingerprint density at radius 1 is 1.15 bits per heavy atom. The largest absolute Gasteiger partial charge is 0.462 e. The molecule has 3 nitrogen and oxygen atoms in total. The van der Waals surface area contributed by atoms with Crippen molar-refractivity contribution in [3.63, 3.8) is 0 Å². The fraction of sp³-hybridized carbons (Fsp3) is 0.375. The molecule has 20 heavy (non-hydrogen) atoms. The van der Waals surface area contributed by atoms with Crippen LogP contribution in [0.1, 0.15) is 36.0 Å². The maximum absolute atomic E-state index is 13.0. The first-order valence-corrected chi connectivity index (χ1v) is 6.94. The summed E-state index contributed by atoms with van der Waals surface area (Å²) in [7, 11) is 0. The van der Waals surface area contributed by atoms with Crippen LogP contribution in [0.5, 0.6) is 0 Å². The number of benzene rings is 1. The highest BCUT2D eigenvalue weighted by Gasteiger charge is 2.26. The lowest BCUT2D eigenvalue weighted by Gasteiger charge is -2.23. The van der Waals surface area contributed by atoms with Crippen LogP contribution in [-0.2, 0) is 13.2 Å².